The van der Waals surface area contributed by atoms with Gasteiger partial charge in [0.25, 0.3) is 0 Å². The number of benzene rings is 8. The van der Waals surface area contributed by atoms with Gasteiger partial charge in [0, 0.05) is 33.4 Å². The van der Waals surface area contributed by atoms with Crippen LogP contribution in [0, 0.1) is 0 Å². The maximum atomic E-state index is 5.06. The van der Waals surface area contributed by atoms with Gasteiger partial charge in [-0.15, -0.1) is 0 Å². The second-order valence-electron chi connectivity index (χ2n) is 15.7. The minimum absolute atomic E-state index is 0.620. The molecule has 0 atom stereocenters. The Hall–Kier alpha value is -8.48. The predicted octanol–water partition coefficient (Wildman–Crippen LogP) is 14.9. The molecule has 2 aromatic heterocycles. The highest BCUT2D eigenvalue weighted by atomic mass is 15.0. The Bertz CT molecular complexity index is 3330. The Labute approximate surface area is 379 Å². The molecule has 65 heavy (non-hydrogen) atoms. The van der Waals surface area contributed by atoms with Gasteiger partial charge in [0.15, 0.2) is 34.9 Å². The van der Waals surface area contributed by atoms with E-state index < -0.39 is 0 Å². The summed E-state index contributed by atoms with van der Waals surface area (Å²) in [6, 6.07) is 69.1. The Balaban J connectivity index is 0.964. The molecule has 0 radical (unpaired) electrons. The average Bonchev–Trinajstić information content (AvgIpc) is 3.39. The van der Waals surface area contributed by atoms with Crippen LogP contribution in [-0.2, 0) is 0 Å². The van der Waals surface area contributed by atoms with Crippen molar-refractivity contribution in [2.75, 3.05) is 0 Å². The van der Waals surface area contributed by atoms with Crippen LogP contribution in [0.25, 0.3) is 107 Å². The van der Waals surface area contributed by atoms with E-state index in [4.69, 9.17) is 29.9 Å². The fourth-order valence-electron chi connectivity index (χ4n) is 8.04. The predicted molar refractivity (Wildman–Crippen MR) is 267 cm³/mol. The van der Waals surface area contributed by atoms with E-state index in [1.54, 1.807) is 0 Å². The number of fused-ring (bicyclic) bond motifs is 1. The molecule has 0 aliphatic rings. The Morgan fingerprint density at radius 2 is 0.785 bits per heavy atom. The van der Waals surface area contributed by atoms with Gasteiger partial charge >= 0.3 is 0 Å². The molecule has 0 saturated carbocycles. The zero-order chi connectivity index (χ0) is 44.0. The summed E-state index contributed by atoms with van der Waals surface area (Å²) >= 11 is 0. The maximum Gasteiger partial charge on any atom is 0.164 e. The second-order valence-corrected chi connectivity index (χ2v) is 15.7. The van der Waals surface area contributed by atoms with Gasteiger partial charge < -0.3 is 0 Å². The Morgan fingerprint density at radius 3 is 1.35 bits per heavy atom. The summed E-state index contributed by atoms with van der Waals surface area (Å²) in [5.74, 6) is 3.82. The van der Waals surface area contributed by atoms with E-state index in [1.165, 1.54) is 10.9 Å². The minimum Gasteiger partial charge on any atom is -0.208 e. The molecule has 0 aliphatic heterocycles. The minimum atomic E-state index is 0.620. The largest absolute Gasteiger partial charge is 0.208 e. The molecule has 0 N–H and O–H groups in total. The molecule has 6 nitrogen and oxygen atoms in total. The topological polar surface area (TPSA) is 77.3 Å². The van der Waals surface area contributed by atoms with Gasteiger partial charge in [0.05, 0.1) is 0 Å². The van der Waals surface area contributed by atoms with Crippen LogP contribution in [0.15, 0.2) is 218 Å². The quantitative estimate of drug-likeness (QED) is 0.121. The van der Waals surface area contributed by atoms with Crippen molar-refractivity contribution >= 4 is 16.3 Å². The van der Waals surface area contributed by atoms with Crippen molar-refractivity contribution in [2.24, 2.45) is 0 Å². The van der Waals surface area contributed by atoms with Gasteiger partial charge in [-0.05, 0) is 69.6 Å². The molecule has 2 heterocycles. The van der Waals surface area contributed by atoms with Gasteiger partial charge in [0.2, 0.25) is 0 Å². The summed E-state index contributed by atoms with van der Waals surface area (Å²) in [4.78, 5) is 29.9. The smallest absolute Gasteiger partial charge is 0.164 e. The van der Waals surface area contributed by atoms with E-state index in [1.807, 2.05) is 79.7 Å². The summed E-state index contributed by atoms with van der Waals surface area (Å²) in [7, 11) is 0. The number of nitrogens with zero attached hydrogens (tertiary/aromatic N) is 6. The first-order valence-electron chi connectivity index (χ1n) is 22.0. The van der Waals surface area contributed by atoms with Crippen LogP contribution in [0.2, 0.25) is 0 Å². The van der Waals surface area contributed by atoms with Crippen LogP contribution in [0.3, 0.4) is 0 Å². The zero-order valence-electron chi connectivity index (χ0n) is 36.2. The summed E-state index contributed by atoms with van der Waals surface area (Å²) in [5.41, 5.74) is 12.4. The van der Waals surface area contributed by atoms with Crippen molar-refractivity contribution < 1.29 is 0 Å². The molecule has 10 rings (SSSR count). The molecule has 0 aliphatic carbocycles. The van der Waals surface area contributed by atoms with Crippen molar-refractivity contribution in [3.05, 3.63) is 224 Å². The highest BCUT2D eigenvalue weighted by molar-refractivity contribution is 5.99. The van der Waals surface area contributed by atoms with Crippen molar-refractivity contribution in [2.45, 2.75) is 20.3 Å². The molecule has 10 aromatic rings. The highest BCUT2D eigenvalue weighted by Gasteiger charge is 2.16. The lowest BCUT2D eigenvalue weighted by molar-refractivity contribution is 1.04. The number of aromatic nitrogens is 6. The first-order valence-corrected chi connectivity index (χ1v) is 22.0. The fourth-order valence-corrected chi connectivity index (χ4v) is 8.04. The van der Waals surface area contributed by atoms with Crippen LogP contribution in [0.4, 0.5) is 0 Å². The molecular formula is C59H44N6. The van der Waals surface area contributed by atoms with E-state index in [9.17, 15) is 0 Å². The van der Waals surface area contributed by atoms with Crippen LogP contribution in [0.5, 0.6) is 0 Å². The molecule has 310 valence electrons. The van der Waals surface area contributed by atoms with Crippen molar-refractivity contribution in [1.82, 2.24) is 29.9 Å². The Kier molecular flexibility index (Phi) is 11.5. The maximum absolute atomic E-state index is 5.06. The van der Waals surface area contributed by atoms with Gasteiger partial charge in [-0.2, -0.15) is 0 Å². The first kappa shape index (κ1) is 40.6. The van der Waals surface area contributed by atoms with Crippen LogP contribution in [-0.4, -0.2) is 29.9 Å². The summed E-state index contributed by atoms with van der Waals surface area (Å²) in [6.07, 6.45) is 7.18. The van der Waals surface area contributed by atoms with Gasteiger partial charge in [0.1, 0.15) is 0 Å². The van der Waals surface area contributed by atoms with E-state index in [0.717, 1.165) is 73.0 Å². The number of rotatable bonds is 11. The lowest BCUT2D eigenvalue weighted by Gasteiger charge is -2.12. The molecule has 0 bridgehead atoms. The lowest BCUT2D eigenvalue weighted by Crippen LogP contribution is -2.02. The van der Waals surface area contributed by atoms with E-state index in [0.29, 0.717) is 34.9 Å². The van der Waals surface area contributed by atoms with Crippen LogP contribution in [0.1, 0.15) is 26.1 Å². The van der Waals surface area contributed by atoms with Gasteiger partial charge in [-0.1, -0.05) is 213 Å². The SMILES string of the molecule is C/C=C(\C=C/CC)c1nc(-c2ccccc2)nc(-c2ccc(-c3cccc4cc(-c5cccc(-c6nc(-c7ccccc7)nc(-c7ccc(-c8ccccc8)cc7)n6)c5)ccc34)cc2)n1. The monoisotopic (exact) mass is 836 g/mol. The third-order valence-electron chi connectivity index (χ3n) is 11.5. The van der Waals surface area contributed by atoms with E-state index in [-0.39, 0.29) is 0 Å². The normalized spacial score (nSPS) is 11.6. The first-order chi connectivity index (χ1) is 32.1. The van der Waals surface area contributed by atoms with Crippen molar-refractivity contribution in [1.29, 1.82) is 0 Å². The molecule has 6 heteroatoms. The summed E-state index contributed by atoms with van der Waals surface area (Å²) in [6.45, 7) is 4.14. The van der Waals surface area contributed by atoms with Crippen molar-refractivity contribution in [3.63, 3.8) is 0 Å². The van der Waals surface area contributed by atoms with E-state index in [2.05, 4.69) is 153 Å². The molecule has 0 spiro atoms. The Morgan fingerprint density at radius 1 is 0.369 bits per heavy atom. The second kappa shape index (κ2) is 18.5. The summed E-state index contributed by atoms with van der Waals surface area (Å²) < 4.78 is 0. The van der Waals surface area contributed by atoms with Gasteiger partial charge in [-0.3, -0.25) is 0 Å². The molecule has 0 amide bonds. The molecule has 0 unspecified atom stereocenters. The fraction of sp³-hybridized carbons (Fsp3) is 0.0508. The molecule has 0 fully saturated rings. The van der Waals surface area contributed by atoms with Crippen LogP contribution >= 0.6 is 0 Å². The number of hydrogen-bond donors (Lipinski definition) is 0. The average molecular weight is 837 g/mol. The lowest BCUT2D eigenvalue weighted by atomic mass is 9.94. The third kappa shape index (κ3) is 8.79. The highest BCUT2D eigenvalue weighted by Crippen LogP contribution is 2.35. The zero-order valence-corrected chi connectivity index (χ0v) is 36.2. The molecular weight excluding hydrogens is 793 g/mol. The standard InChI is InChI=1S/C59H44N6/c1-3-5-17-40(4-2)54-60-55(44-20-11-7-12-21-44)62-57(61-54)47-34-30-43(31-35-47)52-27-16-25-50-38-49(36-37-53(50)52)48-24-15-26-51(39-48)59-64-56(45-22-13-8-14-23-45)63-58(65-59)46-32-28-42(29-33-46)41-18-9-6-10-19-41/h4-39H,3H2,1-2H3/b17-5-,40-4+. The third-order valence-corrected chi connectivity index (χ3v) is 11.5. The molecule has 0 saturated heterocycles. The summed E-state index contributed by atoms with van der Waals surface area (Å²) in [5, 5.41) is 2.32. The number of allylic oxidation sites excluding steroid dienone is 4. The molecule has 8 aromatic carbocycles. The van der Waals surface area contributed by atoms with Crippen molar-refractivity contribution in [3.8, 4) is 90.3 Å². The van der Waals surface area contributed by atoms with Crippen LogP contribution < -0.4 is 0 Å². The van der Waals surface area contributed by atoms with Gasteiger partial charge in [-0.25, -0.2) is 29.9 Å². The van der Waals surface area contributed by atoms with E-state index >= 15 is 0 Å². The number of hydrogen-bond acceptors (Lipinski definition) is 6.